The zero-order valence-electron chi connectivity index (χ0n) is 17.0. The topological polar surface area (TPSA) is 55.6 Å². The summed E-state index contributed by atoms with van der Waals surface area (Å²) >= 11 is 0. The van der Waals surface area contributed by atoms with Crippen LogP contribution in [0.4, 0.5) is 4.39 Å². The smallest absolute Gasteiger partial charge is 0.227 e. The van der Waals surface area contributed by atoms with Gasteiger partial charge in [-0.3, -0.25) is 4.79 Å². The van der Waals surface area contributed by atoms with Crippen LogP contribution >= 0.6 is 0 Å². The third kappa shape index (κ3) is 4.53. The SMILES string of the molecule is COc1ccc(CC(=O)N2CCCCC[C@@H]2c2cc(-c3ccc(F)cc3)on2)cc1. The fourth-order valence-corrected chi connectivity index (χ4v) is 3.93. The fourth-order valence-electron chi connectivity index (χ4n) is 3.93. The Hall–Kier alpha value is -3.15. The summed E-state index contributed by atoms with van der Waals surface area (Å²) in [6.07, 6.45) is 4.29. The molecule has 2 heterocycles. The predicted octanol–water partition coefficient (Wildman–Crippen LogP) is 5.18. The van der Waals surface area contributed by atoms with Crippen molar-refractivity contribution in [2.75, 3.05) is 13.7 Å². The summed E-state index contributed by atoms with van der Waals surface area (Å²) in [5.74, 6) is 1.14. The van der Waals surface area contributed by atoms with Gasteiger partial charge in [0.15, 0.2) is 5.76 Å². The molecule has 6 heteroatoms. The van der Waals surface area contributed by atoms with Crippen molar-refractivity contribution >= 4 is 5.91 Å². The van der Waals surface area contributed by atoms with Gasteiger partial charge in [-0.25, -0.2) is 4.39 Å². The summed E-state index contributed by atoms with van der Waals surface area (Å²) in [7, 11) is 1.63. The Bertz CT molecular complexity index is 982. The number of aromatic nitrogens is 1. The molecule has 156 valence electrons. The lowest BCUT2D eigenvalue weighted by Crippen LogP contribution is -2.36. The molecule has 1 amide bonds. The molecular formula is C24H25FN2O3. The van der Waals surface area contributed by atoms with E-state index < -0.39 is 0 Å². The van der Waals surface area contributed by atoms with Crippen LogP contribution in [0.5, 0.6) is 5.75 Å². The summed E-state index contributed by atoms with van der Waals surface area (Å²) in [6, 6.07) is 15.5. The van der Waals surface area contributed by atoms with Crippen molar-refractivity contribution in [3.05, 3.63) is 71.7 Å². The molecule has 30 heavy (non-hydrogen) atoms. The van der Waals surface area contributed by atoms with Crippen molar-refractivity contribution in [3.63, 3.8) is 0 Å². The van der Waals surface area contributed by atoms with Gasteiger partial charge in [0.2, 0.25) is 5.91 Å². The number of benzene rings is 2. The van der Waals surface area contributed by atoms with E-state index in [-0.39, 0.29) is 17.8 Å². The van der Waals surface area contributed by atoms with Gasteiger partial charge in [-0.2, -0.15) is 0 Å². The molecule has 3 aromatic rings. The number of halogens is 1. The van der Waals surface area contributed by atoms with Gasteiger partial charge < -0.3 is 14.2 Å². The van der Waals surface area contributed by atoms with Crippen LogP contribution in [0.3, 0.4) is 0 Å². The number of hydrogen-bond acceptors (Lipinski definition) is 4. The van der Waals surface area contributed by atoms with Gasteiger partial charge in [0.05, 0.1) is 19.6 Å². The normalized spacial score (nSPS) is 16.9. The highest BCUT2D eigenvalue weighted by Crippen LogP contribution is 2.32. The highest BCUT2D eigenvalue weighted by atomic mass is 19.1. The number of rotatable bonds is 5. The molecule has 0 N–H and O–H groups in total. The minimum Gasteiger partial charge on any atom is -0.497 e. The number of methoxy groups -OCH3 is 1. The van der Waals surface area contributed by atoms with E-state index in [2.05, 4.69) is 5.16 Å². The average molecular weight is 408 g/mol. The van der Waals surface area contributed by atoms with E-state index in [4.69, 9.17) is 9.26 Å². The van der Waals surface area contributed by atoms with Crippen LogP contribution in [0, 0.1) is 5.82 Å². The van der Waals surface area contributed by atoms with Crippen molar-refractivity contribution < 1.29 is 18.4 Å². The number of nitrogens with zero attached hydrogens (tertiary/aromatic N) is 2. The molecule has 1 saturated heterocycles. The van der Waals surface area contributed by atoms with Gasteiger partial charge in [-0.15, -0.1) is 0 Å². The van der Waals surface area contributed by atoms with E-state index in [1.165, 1.54) is 12.1 Å². The maximum atomic E-state index is 13.2. The zero-order chi connectivity index (χ0) is 20.9. The predicted molar refractivity (Wildman–Crippen MR) is 112 cm³/mol. The van der Waals surface area contributed by atoms with E-state index in [0.717, 1.165) is 48.3 Å². The molecule has 1 aliphatic rings. The molecule has 1 aliphatic heterocycles. The van der Waals surface area contributed by atoms with Crippen molar-refractivity contribution in [2.24, 2.45) is 0 Å². The molecular weight excluding hydrogens is 383 g/mol. The lowest BCUT2D eigenvalue weighted by molar-refractivity contribution is -0.133. The van der Waals surface area contributed by atoms with Crippen LogP contribution in [0.15, 0.2) is 59.1 Å². The molecule has 0 saturated carbocycles. The van der Waals surface area contributed by atoms with Crippen LogP contribution in [0.2, 0.25) is 0 Å². The lowest BCUT2D eigenvalue weighted by Gasteiger charge is -2.28. The molecule has 0 spiro atoms. The molecule has 1 fully saturated rings. The maximum Gasteiger partial charge on any atom is 0.227 e. The second kappa shape index (κ2) is 9.11. The van der Waals surface area contributed by atoms with Gasteiger partial charge in [0.1, 0.15) is 17.3 Å². The van der Waals surface area contributed by atoms with Gasteiger partial charge in [-0.05, 0) is 54.8 Å². The average Bonchev–Trinajstić information content (AvgIpc) is 3.12. The van der Waals surface area contributed by atoms with Gasteiger partial charge >= 0.3 is 0 Å². The van der Waals surface area contributed by atoms with Crippen LogP contribution in [0.25, 0.3) is 11.3 Å². The minimum absolute atomic E-state index is 0.0819. The van der Waals surface area contributed by atoms with E-state index in [9.17, 15) is 9.18 Å². The van der Waals surface area contributed by atoms with Crippen LogP contribution in [-0.2, 0) is 11.2 Å². The first kappa shape index (κ1) is 20.1. The summed E-state index contributed by atoms with van der Waals surface area (Å²) in [4.78, 5) is 15.1. The summed E-state index contributed by atoms with van der Waals surface area (Å²) < 4.78 is 23.9. The van der Waals surface area contributed by atoms with Crippen LogP contribution in [-0.4, -0.2) is 29.6 Å². The Morgan fingerprint density at radius 2 is 1.90 bits per heavy atom. The molecule has 4 rings (SSSR count). The monoisotopic (exact) mass is 408 g/mol. The Kier molecular flexibility index (Phi) is 6.12. The number of carbonyl (C=O) groups excluding carboxylic acids is 1. The first-order valence-corrected chi connectivity index (χ1v) is 10.3. The number of hydrogen-bond donors (Lipinski definition) is 0. The van der Waals surface area contributed by atoms with Crippen molar-refractivity contribution in [3.8, 4) is 17.1 Å². The van der Waals surface area contributed by atoms with Crippen LogP contribution in [0.1, 0.15) is 43.0 Å². The Balaban J connectivity index is 1.54. The minimum atomic E-state index is -0.294. The number of amides is 1. The Morgan fingerprint density at radius 1 is 1.13 bits per heavy atom. The first-order chi connectivity index (χ1) is 14.6. The number of likely N-dealkylation sites (tertiary alicyclic amines) is 1. The quantitative estimate of drug-likeness (QED) is 0.584. The molecule has 0 unspecified atom stereocenters. The summed E-state index contributed by atoms with van der Waals surface area (Å²) in [5.41, 5.74) is 2.47. The standard InChI is InChI=1S/C24H25FN2O3/c1-29-20-12-6-17(7-13-20)15-24(28)27-14-4-2-3-5-22(27)21-16-23(30-26-21)18-8-10-19(25)11-9-18/h6-13,16,22H,2-5,14-15H2,1H3/t22-/m1/s1. The van der Waals surface area contributed by atoms with E-state index in [0.29, 0.717) is 18.7 Å². The fraction of sp³-hybridized carbons (Fsp3) is 0.333. The van der Waals surface area contributed by atoms with Gasteiger partial charge in [0.25, 0.3) is 0 Å². The van der Waals surface area contributed by atoms with E-state index in [1.54, 1.807) is 19.2 Å². The lowest BCUT2D eigenvalue weighted by atomic mass is 10.0. The van der Waals surface area contributed by atoms with E-state index >= 15 is 0 Å². The largest absolute Gasteiger partial charge is 0.497 e. The highest BCUT2D eigenvalue weighted by Gasteiger charge is 2.29. The van der Waals surface area contributed by atoms with Gasteiger partial charge in [-0.1, -0.05) is 30.1 Å². The van der Waals surface area contributed by atoms with Crippen LogP contribution < -0.4 is 4.74 Å². The molecule has 1 aromatic heterocycles. The second-order valence-electron chi connectivity index (χ2n) is 7.60. The maximum absolute atomic E-state index is 13.2. The molecule has 0 radical (unpaired) electrons. The highest BCUT2D eigenvalue weighted by molar-refractivity contribution is 5.79. The number of carbonyl (C=O) groups is 1. The molecule has 5 nitrogen and oxygen atoms in total. The summed E-state index contributed by atoms with van der Waals surface area (Å²) in [6.45, 7) is 0.707. The van der Waals surface area contributed by atoms with E-state index in [1.807, 2.05) is 35.2 Å². The molecule has 0 bridgehead atoms. The first-order valence-electron chi connectivity index (χ1n) is 10.3. The zero-order valence-corrected chi connectivity index (χ0v) is 17.0. The summed E-state index contributed by atoms with van der Waals surface area (Å²) in [5, 5.41) is 4.26. The van der Waals surface area contributed by atoms with Gasteiger partial charge in [0, 0.05) is 18.2 Å². The molecule has 0 aliphatic carbocycles. The third-order valence-electron chi connectivity index (χ3n) is 5.59. The van der Waals surface area contributed by atoms with Crippen molar-refractivity contribution in [1.82, 2.24) is 10.1 Å². The second-order valence-corrected chi connectivity index (χ2v) is 7.60. The third-order valence-corrected chi connectivity index (χ3v) is 5.59. The Morgan fingerprint density at radius 3 is 2.63 bits per heavy atom. The molecule has 1 atom stereocenters. The number of ether oxygens (including phenoxy) is 1. The van der Waals surface area contributed by atoms with Crippen molar-refractivity contribution in [2.45, 2.75) is 38.1 Å². The molecule has 2 aromatic carbocycles. The van der Waals surface area contributed by atoms with Crippen molar-refractivity contribution in [1.29, 1.82) is 0 Å². The Labute approximate surface area is 175 Å².